The Kier molecular flexibility index (Phi) is 3.02. The summed E-state index contributed by atoms with van der Waals surface area (Å²) >= 11 is 1.21. The van der Waals surface area contributed by atoms with Crippen LogP contribution in [0.5, 0.6) is 0 Å². The lowest BCUT2D eigenvalue weighted by Crippen LogP contribution is -2.10. The molecule has 0 aliphatic carbocycles. The second kappa shape index (κ2) is 4.45. The van der Waals surface area contributed by atoms with Crippen LogP contribution in [0.25, 0.3) is 0 Å². The van der Waals surface area contributed by atoms with E-state index in [0.717, 1.165) is 13.0 Å². The summed E-state index contributed by atoms with van der Waals surface area (Å²) in [6.07, 6.45) is 1.71. The van der Waals surface area contributed by atoms with Gasteiger partial charge in [0.1, 0.15) is 11.8 Å². The summed E-state index contributed by atoms with van der Waals surface area (Å²) < 4.78 is 5.39. The molecule has 1 atom stereocenters. The fraction of sp³-hybridized carbons (Fsp3) is 0.500. The molecule has 0 bridgehead atoms. The summed E-state index contributed by atoms with van der Waals surface area (Å²) in [5, 5.41) is 23.2. The average Bonchev–Trinajstić information content (AvgIpc) is 2.87. The second-order valence-corrected chi connectivity index (χ2v) is 3.72. The van der Waals surface area contributed by atoms with Gasteiger partial charge < -0.3 is 5.11 Å². The lowest BCUT2D eigenvalue weighted by atomic mass is 10.2. The summed E-state index contributed by atoms with van der Waals surface area (Å²) in [7, 11) is 0. The number of hydrogen-bond acceptors (Lipinski definition) is 6. The Morgan fingerprint density at radius 2 is 2.47 bits per heavy atom. The molecule has 0 amide bonds. The van der Waals surface area contributed by atoms with Crippen molar-refractivity contribution in [3.8, 4) is 0 Å². The number of aromatic nitrogens is 5. The van der Waals surface area contributed by atoms with Gasteiger partial charge in [-0.2, -0.15) is 0 Å². The predicted molar refractivity (Wildman–Crippen MR) is 54.3 cm³/mol. The molecule has 0 saturated carbocycles. The SMILES string of the molecule is CCCn1nncc1C(O)c1csnn1. The highest BCUT2D eigenvalue weighted by Crippen LogP contribution is 2.19. The van der Waals surface area contributed by atoms with Crippen molar-refractivity contribution in [3.05, 3.63) is 23.0 Å². The molecule has 0 spiro atoms. The van der Waals surface area contributed by atoms with Crippen molar-refractivity contribution in [2.75, 3.05) is 0 Å². The molecule has 7 heteroatoms. The molecule has 1 unspecified atom stereocenters. The molecular formula is C8H11N5OS. The van der Waals surface area contributed by atoms with Crippen LogP contribution in [0, 0.1) is 0 Å². The first-order valence-corrected chi connectivity index (χ1v) is 5.50. The van der Waals surface area contributed by atoms with Gasteiger partial charge in [-0.05, 0) is 18.0 Å². The van der Waals surface area contributed by atoms with E-state index in [2.05, 4.69) is 19.9 Å². The van der Waals surface area contributed by atoms with Gasteiger partial charge >= 0.3 is 0 Å². The van der Waals surface area contributed by atoms with Crippen LogP contribution >= 0.6 is 11.5 Å². The van der Waals surface area contributed by atoms with Crippen LogP contribution in [0.15, 0.2) is 11.6 Å². The Morgan fingerprint density at radius 1 is 1.60 bits per heavy atom. The fourth-order valence-electron chi connectivity index (χ4n) is 1.31. The molecule has 80 valence electrons. The molecule has 2 aromatic rings. The molecule has 6 nitrogen and oxygen atoms in total. The van der Waals surface area contributed by atoms with E-state index in [0.29, 0.717) is 11.4 Å². The maximum absolute atomic E-state index is 9.98. The van der Waals surface area contributed by atoms with Crippen molar-refractivity contribution in [2.24, 2.45) is 0 Å². The molecule has 0 radical (unpaired) electrons. The number of aliphatic hydroxyl groups is 1. The van der Waals surface area contributed by atoms with Gasteiger partial charge in [0.2, 0.25) is 0 Å². The first-order chi connectivity index (χ1) is 7.33. The van der Waals surface area contributed by atoms with Gasteiger partial charge in [0.05, 0.1) is 11.9 Å². The van der Waals surface area contributed by atoms with E-state index in [1.165, 1.54) is 11.5 Å². The van der Waals surface area contributed by atoms with Crippen LogP contribution < -0.4 is 0 Å². The van der Waals surface area contributed by atoms with Crippen molar-refractivity contribution >= 4 is 11.5 Å². The topological polar surface area (TPSA) is 76.7 Å². The normalized spacial score (nSPS) is 12.9. The minimum absolute atomic E-state index is 0.541. The van der Waals surface area contributed by atoms with Gasteiger partial charge in [-0.1, -0.05) is 16.6 Å². The van der Waals surface area contributed by atoms with Crippen molar-refractivity contribution < 1.29 is 5.11 Å². The zero-order valence-electron chi connectivity index (χ0n) is 8.24. The maximum Gasteiger partial charge on any atom is 0.142 e. The number of nitrogens with zero attached hydrogens (tertiary/aromatic N) is 5. The molecule has 15 heavy (non-hydrogen) atoms. The lowest BCUT2D eigenvalue weighted by Gasteiger charge is -2.08. The van der Waals surface area contributed by atoms with E-state index >= 15 is 0 Å². The maximum atomic E-state index is 9.98. The van der Waals surface area contributed by atoms with Crippen molar-refractivity contribution in [3.63, 3.8) is 0 Å². The molecule has 2 heterocycles. The second-order valence-electron chi connectivity index (χ2n) is 3.11. The van der Waals surface area contributed by atoms with E-state index in [1.807, 2.05) is 6.92 Å². The Hall–Kier alpha value is -1.34. The summed E-state index contributed by atoms with van der Waals surface area (Å²) in [5.74, 6) is 0. The standard InChI is InChI=1S/C8H11N5OS/c1-2-3-13-7(4-9-11-13)8(14)6-5-15-12-10-6/h4-5,8,14H,2-3H2,1H3. The number of rotatable bonds is 4. The minimum atomic E-state index is -0.787. The van der Waals surface area contributed by atoms with Gasteiger partial charge in [-0.3, -0.25) is 0 Å². The molecule has 1 N–H and O–H groups in total. The third-order valence-corrected chi connectivity index (χ3v) is 2.54. The van der Waals surface area contributed by atoms with E-state index in [4.69, 9.17) is 0 Å². The molecule has 2 aromatic heterocycles. The van der Waals surface area contributed by atoms with E-state index in [1.54, 1.807) is 16.3 Å². The minimum Gasteiger partial charge on any atom is -0.380 e. The van der Waals surface area contributed by atoms with Crippen LogP contribution in [-0.2, 0) is 6.54 Å². The highest BCUT2D eigenvalue weighted by Gasteiger charge is 2.18. The molecule has 0 aliphatic rings. The van der Waals surface area contributed by atoms with Gasteiger partial charge in [0, 0.05) is 11.9 Å². The molecule has 0 aromatic carbocycles. The van der Waals surface area contributed by atoms with Gasteiger partial charge in [0.15, 0.2) is 0 Å². The highest BCUT2D eigenvalue weighted by molar-refractivity contribution is 7.03. The van der Waals surface area contributed by atoms with Gasteiger partial charge in [-0.15, -0.1) is 10.2 Å². The molecule has 2 rings (SSSR count). The van der Waals surface area contributed by atoms with Crippen molar-refractivity contribution in [2.45, 2.75) is 26.0 Å². The van der Waals surface area contributed by atoms with Crippen LogP contribution in [0.2, 0.25) is 0 Å². The smallest absolute Gasteiger partial charge is 0.142 e. The van der Waals surface area contributed by atoms with Gasteiger partial charge in [0.25, 0.3) is 0 Å². The first-order valence-electron chi connectivity index (χ1n) is 4.66. The summed E-state index contributed by atoms with van der Waals surface area (Å²) in [6.45, 7) is 2.78. The van der Waals surface area contributed by atoms with Crippen LogP contribution in [0.3, 0.4) is 0 Å². The van der Waals surface area contributed by atoms with Crippen LogP contribution in [0.1, 0.15) is 30.8 Å². The zero-order valence-corrected chi connectivity index (χ0v) is 9.05. The Bertz CT molecular complexity index is 412. The van der Waals surface area contributed by atoms with E-state index in [-0.39, 0.29) is 0 Å². The van der Waals surface area contributed by atoms with Crippen molar-refractivity contribution in [1.82, 2.24) is 24.6 Å². The van der Waals surface area contributed by atoms with Crippen LogP contribution in [0.4, 0.5) is 0 Å². The number of aliphatic hydroxyl groups excluding tert-OH is 1. The third kappa shape index (κ3) is 2.02. The van der Waals surface area contributed by atoms with E-state index < -0.39 is 6.10 Å². The Morgan fingerprint density at radius 3 is 3.13 bits per heavy atom. The Labute approximate surface area is 90.7 Å². The predicted octanol–water partition coefficient (Wildman–Crippen LogP) is 0.621. The van der Waals surface area contributed by atoms with Gasteiger partial charge in [-0.25, -0.2) is 4.68 Å². The fourth-order valence-corrected chi connectivity index (χ4v) is 1.78. The first kappa shape index (κ1) is 10.2. The highest BCUT2D eigenvalue weighted by atomic mass is 32.1. The lowest BCUT2D eigenvalue weighted by molar-refractivity contribution is 0.202. The average molecular weight is 225 g/mol. The number of aryl methyl sites for hydroxylation is 1. The third-order valence-electron chi connectivity index (χ3n) is 2.02. The largest absolute Gasteiger partial charge is 0.380 e. The number of hydrogen-bond donors (Lipinski definition) is 1. The molecule has 0 fully saturated rings. The Balaban J connectivity index is 2.25. The van der Waals surface area contributed by atoms with E-state index in [9.17, 15) is 5.11 Å². The monoisotopic (exact) mass is 225 g/mol. The quantitative estimate of drug-likeness (QED) is 0.825. The summed E-state index contributed by atoms with van der Waals surface area (Å²) in [6, 6.07) is 0. The van der Waals surface area contributed by atoms with Crippen LogP contribution in [-0.4, -0.2) is 29.7 Å². The zero-order chi connectivity index (χ0) is 10.7. The molecular weight excluding hydrogens is 214 g/mol. The molecule has 0 aliphatic heterocycles. The summed E-state index contributed by atoms with van der Waals surface area (Å²) in [5.41, 5.74) is 1.20. The summed E-state index contributed by atoms with van der Waals surface area (Å²) in [4.78, 5) is 0. The molecule has 0 saturated heterocycles. The van der Waals surface area contributed by atoms with Crippen molar-refractivity contribution in [1.29, 1.82) is 0 Å².